The Hall–Kier alpha value is -4.57. The number of terminal acetylenes is 1. The highest BCUT2D eigenvalue weighted by molar-refractivity contribution is 6.10. The molecule has 3 N–H and O–H groups in total. The van der Waals surface area contributed by atoms with E-state index in [1.807, 2.05) is 32.0 Å². The van der Waals surface area contributed by atoms with E-state index in [0.717, 1.165) is 11.1 Å². The maximum absolute atomic E-state index is 13.4. The lowest BCUT2D eigenvalue weighted by molar-refractivity contribution is 0.0947. The van der Waals surface area contributed by atoms with Crippen LogP contribution in [0.2, 0.25) is 0 Å². The second-order valence-corrected chi connectivity index (χ2v) is 9.15. The van der Waals surface area contributed by atoms with Crippen molar-refractivity contribution in [1.29, 1.82) is 0 Å². The first kappa shape index (κ1) is 25.5. The fourth-order valence-electron chi connectivity index (χ4n) is 4.04. The van der Waals surface area contributed by atoms with Gasteiger partial charge in [-0.25, -0.2) is 4.39 Å². The Morgan fingerprint density at radius 2 is 1.84 bits per heavy atom. The summed E-state index contributed by atoms with van der Waals surface area (Å²) in [6, 6.07) is 16.4. The van der Waals surface area contributed by atoms with Gasteiger partial charge in [0.05, 0.1) is 5.56 Å². The van der Waals surface area contributed by atoms with Crippen LogP contribution >= 0.6 is 0 Å². The number of amides is 2. The zero-order chi connectivity index (χ0) is 26.5. The smallest absolute Gasteiger partial charge is 0.253 e. The molecular weight excluding hydrogens is 471 g/mol. The molecule has 7 heteroatoms. The fourth-order valence-corrected chi connectivity index (χ4v) is 4.04. The summed E-state index contributed by atoms with van der Waals surface area (Å²) in [6.45, 7) is 4.66. The predicted molar refractivity (Wildman–Crippen MR) is 141 cm³/mol. The van der Waals surface area contributed by atoms with Crippen LogP contribution in [0.3, 0.4) is 0 Å². The van der Waals surface area contributed by atoms with Crippen LogP contribution in [-0.2, 0) is 6.42 Å². The fraction of sp³-hybridized carbons (Fsp3) is 0.200. The van der Waals surface area contributed by atoms with Crippen LogP contribution in [0.25, 0.3) is 22.3 Å². The van der Waals surface area contributed by atoms with Gasteiger partial charge in [0, 0.05) is 23.1 Å². The van der Waals surface area contributed by atoms with Crippen LogP contribution in [0.5, 0.6) is 5.75 Å². The first-order chi connectivity index (χ1) is 17.7. The molecule has 1 aromatic heterocycles. The van der Waals surface area contributed by atoms with Crippen molar-refractivity contribution in [1.82, 2.24) is 5.32 Å². The first-order valence-electron chi connectivity index (χ1n) is 11.8. The molecular formula is C30H27FN2O4. The lowest BCUT2D eigenvalue weighted by Gasteiger charge is -2.12. The Bertz CT molecular complexity index is 1500. The van der Waals surface area contributed by atoms with E-state index in [4.69, 9.17) is 21.3 Å². The van der Waals surface area contributed by atoms with E-state index in [1.165, 1.54) is 24.3 Å². The van der Waals surface area contributed by atoms with Gasteiger partial charge < -0.3 is 20.2 Å². The Labute approximate surface area is 214 Å². The van der Waals surface area contributed by atoms with Gasteiger partial charge in [0.15, 0.2) is 0 Å². The van der Waals surface area contributed by atoms with Gasteiger partial charge in [0.2, 0.25) is 0 Å². The molecule has 0 aliphatic carbocycles. The number of fused-ring (bicyclic) bond motifs is 1. The number of nitrogens with one attached hydrogen (secondary N) is 1. The van der Waals surface area contributed by atoms with Crippen molar-refractivity contribution in [3.63, 3.8) is 0 Å². The zero-order valence-corrected chi connectivity index (χ0v) is 20.6. The molecule has 0 bridgehead atoms. The summed E-state index contributed by atoms with van der Waals surface area (Å²) in [4.78, 5) is 25.1. The molecule has 6 nitrogen and oxygen atoms in total. The van der Waals surface area contributed by atoms with E-state index < -0.39 is 11.7 Å². The Balaban J connectivity index is 1.71. The highest BCUT2D eigenvalue weighted by Crippen LogP contribution is 2.34. The third-order valence-corrected chi connectivity index (χ3v) is 5.73. The monoisotopic (exact) mass is 498 g/mol. The molecule has 37 heavy (non-hydrogen) atoms. The summed E-state index contributed by atoms with van der Waals surface area (Å²) in [5.74, 6) is 2.27. The molecule has 0 aliphatic heterocycles. The maximum Gasteiger partial charge on any atom is 0.253 e. The number of hydrogen-bond donors (Lipinski definition) is 2. The van der Waals surface area contributed by atoms with Gasteiger partial charge in [-0.15, -0.1) is 6.42 Å². The number of furan rings is 1. The highest BCUT2D eigenvalue weighted by atomic mass is 19.1. The van der Waals surface area contributed by atoms with Gasteiger partial charge in [-0.1, -0.05) is 25.8 Å². The molecule has 4 rings (SSSR count). The number of nitrogens with two attached hydrogens (primary N) is 1. The van der Waals surface area contributed by atoms with Gasteiger partial charge >= 0.3 is 0 Å². The van der Waals surface area contributed by atoms with E-state index in [1.54, 1.807) is 18.2 Å². The zero-order valence-electron chi connectivity index (χ0n) is 20.6. The molecule has 0 radical (unpaired) electrons. The van der Waals surface area contributed by atoms with Crippen LogP contribution in [-0.4, -0.2) is 25.0 Å². The summed E-state index contributed by atoms with van der Waals surface area (Å²) >= 11 is 0. The molecule has 0 saturated carbocycles. The minimum atomic E-state index is -0.649. The van der Waals surface area contributed by atoms with Gasteiger partial charge in [-0.05, 0) is 78.1 Å². The third kappa shape index (κ3) is 5.99. The van der Waals surface area contributed by atoms with Crippen LogP contribution in [0, 0.1) is 24.1 Å². The second-order valence-electron chi connectivity index (χ2n) is 9.15. The van der Waals surface area contributed by atoms with Crippen molar-refractivity contribution in [2.75, 3.05) is 13.2 Å². The van der Waals surface area contributed by atoms with Gasteiger partial charge in [0.25, 0.3) is 11.8 Å². The number of carbonyl (C=O) groups is 2. The second kappa shape index (κ2) is 11.0. The number of primary amides is 1. The van der Waals surface area contributed by atoms with Crippen molar-refractivity contribution in [2.45, 2.75) is 20.3 Å². The molecule has 0 saturated heterocycles. The molecule has 0 spiro atoms. The lowest BCUT2D eigenvalue weighted by Crippen LogP contribution is -2.27. The molecule has 1 heterocycles. The molecule has 188 valence electrons. The van der Waals surface area contributed by atoms with Crippen LogP contribution in [0.4, 0.5) is 4.39 Å². The first-order valence-corrected chi connectivity index (χ1v) is 11.8. The van der Waals surface area contributed by atoms with E-state index in [-0.39, 0.29) is 23.8 Å². The van der Waals surface area contributed by atoms with E-state index >= 15 is 0 Å². The molecule has 0 unspecified atom stereocenters. The molecule has 2 amide bonds. The normalized spacial score (nSPS) is 10.9. The van der Waals surface area contributed by atoms with Crippen LogP contribution in [0.15, 0.2) is 65.1 Å². The van der Waals surface area contributed by atoms with Crippen LogP contribution < -0.4 is 15.8 Å². The molecule has 0 fully saturated rings. The molecule has 3 aromatic carbocycles. The quantitative estimate of drug-likeness (QED) is 0.305. The number of benzene rings is 3. The van der Waals surface area contributed by atoms with Crippen molar-refractivity contribution in [2.24, 2.45) is 11.7 Å². The molecule has 4 aromatic rings. The SMILES string of the molecule is C#CCOc1cc(Cc2ccc3oc(-c4ccc(F)cc4)c(C(N)=O)c3c2)cc(C(=O)NCC(C)C)c1. The Morgan fingerprint density at radius 3 is 2.51 bits per heavy atom. The lowest BCUT2D eigenvalue weighted by atomic mass is 9.99. The van der Waals surface area contributed by atoms with Gasteiger partial charge in [0.1, 0.15) is 29.5 Å². The van der Waals surface area contributed by atoms with Crippen molar-refractivity contribution in [3.05, 3.63) is 88.7 Å². The minimum Gasteiger partial charge on any atom is -0.481 e. The van der Waals surface area contributed by atoms with Gasteiger partial charge in [-0.3, -0.25) is 9.59 Å². The molecule has 0 aliphatic rings. The largest absolute Gasteiger partial charge is 0.481 e. The standard InChI is InChI=1S/C30H27FN2O4/c1-4-11-36-24-14-20(13-22(16-24)30(35)33-17-18(2)3)12-19-5-10-26-25(15-19)27(29(32)34)28(37-26)21-6-8-23(31)9-7-21/h1,5-10,13-16,18H,11-12,17H2,2-3H3,(H2,32,34)(H,33,35). The van der Waals surface area contributed by atoms with E-state index in [2.05, 4.69) is 11.2 Å². The summed E-state index contributed by atoms with van der Waals surface area (Å²) in [5.41, 5.74) is 9.12. The number of rotatable bonds is 9. The average molecular weight is 499 g/mol. The maximum atomic E-state index is 13.4. The minimum absolute atomic E-state index is 0.0750. The summed E-state index contributed by atoms with van der Waals surface area (Å²) in [6.07, 6.45) is 5.79. The summed E-state index contributed by atoms with van der Waals surface area (Å²) < 4.78 is 25.0. The average Bonchev–Trinajstić information content (AvgIpc) is 3.25. The van der Waals surface area contributed by atoms with E-state index in [0.29, 0.717) is 46.7 Å². The topological polar surface area (TPSA) is 94.6 Å². The summed E-state index contributed by atoms with van der Waals surface area (Å²) in [7, 11) is 0. The Morgan fingerprint density at radius 1 is 1.08 bits per heavy atom. The number of carbonyl (C=O) groups excluding carboxylic acids is 2. The highest BCUT2D eigenvalue weighted by Gasteiger charge is 2.21. The van der Waals surface area contributed by atoms with Gasteiger partial charge in [-0.2, -0.15) is 0 Å². The van der Waals surface area contributed by atoms with Crippen molar-refractivity contribution >= 4 is 22.8 Å². The van der Waals surface area contributed by atoms with Crippen molar-refractivity contribution in [3.8, 4) is 29.4 Å². The third-order valence-electron chi connectivity index (χ3n) is 5.73. The Kier molecular flexibility index (Phi) is 7.59. The van der Waals surface area contributed by atoms with Crippen molar-refractivity contribution < 1.29 is 23.1 Å². The number of ether oxygens (including phenoxy) is 1. The van der Waals surface area contributed by atoms with E-state index in [9.17, 15) is 14.0 Å². The predicted octanol–water partition coefficient (Wildman–Crippen LogP) is 5.33. The number of hydrogen-bond acceptors (Lipinski definition) is 4. The molecule has 0 atom stereocenters. The van der Waals surface area contributed by atoms with Crippen LogP contribution in [0.1, 0.15) is 45.7 Å². The summed E-state index contributed by atoms with van der Waals surface area (Å²) in [5, 5.41) is 3.47. The number of halogens is 1.